The number of thiophene rings is 1. The van der Waals surface area contributed by atoms with E-state index in [0.717, 1.165) is 75.1 Å². The zero-order chi connectivity index (χ0) is 26.9. The number of unbranched alkanes of at least 4 members (excludes halogenated alkanes) is 2. The van der Waals surface area contributed by atoms with Crippen LogP contribution in [0.5, 0.6) is 11.6 Å². The van der Waals surface area contributed by atoms with Crippen LogP contribution < -0.4 is 14.4 Å². The van der Waals surface area contributed by atoms with Gasteiger partial charge in [-0.1, -0.05) is 19.4 Å². The van der Waals surface area contributed by atoms with Gasteiger partial charge >= 0.3 is 5.97 Å². The molecule has 0 amide bonds. The maximum Gasteiger partial charge on any atom is 0.308 e. The van der Waals surface area contributed by atoms with E-state index in [0.29, 0.717) is 18.9 Å². The third-order valence-corrected chi connectivity index (χ3v) is 8.00. The van der Waals surface area contributed by atoms with E-state index in [9.17, 15) is 4.79 Å². The summed E-state index contributed by atoms with van der Waals surface area (Å²) in [5.41, 5.74) is 2.16. The van der Waals surface area contributed by atoms with Gasteiger partial charge in [-0.25, -0.2) is 4.98 Å². The zero-order valence-electron chi connectivity index (χ0n) is 22.6. The number of hydrogen-bond donors (Lipinski definition) is 0. The number of piperazine rings is 1. The van der Waals surface area contributed by atoms with Gasteiger partial charge in [0.1, 0.15) is 5.75 Å². The summed E-state index contributed by atoms with van der Waals surface area (Å²) in [6.45, 7) is 8.03. The van der Waals surface area contributed by atoms with Crippen molar-refractivity contribution in [2.75, 3.05) is 51.0 Å². The van der Waals surface area contributed by atoms with Crippen molar-refractivity contribution in [2.24, 2.45) is 0 Å². The second-order valence-electron chi connectivity index (χ2n) is 9.88. The van der Waals surface area contributed by atoms with E-state index in [1.54, 1.807) is 6.07 Å². The molecule has 1 aliphatic rings. The fourth-order valence-corrected chi connectivity index (χ4v) is 5.70. The lowest BCUT2D eigenvalue weighted by Gasteiger charge is -2.36. The second kappa shape index (κ2) is 13.6. The van der Waals surface area contributed by atoms with Gasteiger partial charge in [-0.15, -0.1) is 11.3 Å². The number of ether oxygens (including phenoxy) is 3. The van der Waals surface area contributed by atoms with Gasteiger partial charge in [-0.2, -0.15) is 0 Å². The summed E-state index contributed by atoms with van der Waals surface area (Å²) in [6, 6.07) is 18.5. The van der Waals surface area contributed by atoms with Crippen molar-refractivity contribution >= 4 is 44.0 Å². The molecule has 4 aromatic rings. The van der Waals surface area contributed by atoms with Gasteiger partial charge < -0.3 is 19.1 Å². The van der Waals surface area contributed by atoms with Crippen molar-refractivity contribution < 1.29 is 19.0 Å². The Balaban J connectivity index is 1.01. The van der Waals surface area contributed by atoms with Crippen LogP contribution in [0.4, 0.5) is 5.69 Å². The molecule has 0 bridgehead atoms. The number of fused-ring (bicyclic) bond motifs is 2. The average molecular weight is 548 g/mol. The summed E-state index contributed by atoms with van der Waals surface area (Å²) in [5, 5.41) is 4.57. The zero-order valence-corrected chi connectivity index (χ0v) is 23.5. The normalized spacial score (nSPS) is 14.1. The van der Waals surface area contributed by atoms with Crippen LogP contribution in [-0.2, 0) is 9.53 Å². The molecule has 0 atom stereocenters. The van der Waals surface area contributed by atoms with E-state index in [1.165, 1.54) is 15.8 Å². The molecule has 1 fully saturated rings. The second-order valence-corrected chi connectivity index (χ2v) is 10.8. The Labute approximate surface area is 234 Å². The van der Waals surface area contributed by atoms with Crippen molar-refractivity contribution in [3.8, 4) is 11.6 Å². The molecule has 206 valence electrons. The van der Waals surface area contributed by atoms with Gasteiger partial charge in [0.2, 0.25) is 12.7 Å². The Morgan fingerprint density at radius 1 is 0.974 bits per heavy atom. The Hall–Kier alpha value is -3.36. The van der Waals surface area contributed by atoms with Crippen molar-refractivity contribution in [3.05, 3.63) is 60.0 Å². The predicted molar refractivity (Wildman–Crippen MR) is 158 cm³/mol. The number of benzene rings is 2. The quantitative estimate of drug-likeness (QED) is 0.108. The first-order valence-corrected chi connectivity index (χ1v) is 14.8. The summed E-state index contributed by atoms with van der Waals surface area (Å²) in [7, 11) is 0. The largest absolute Gasteiger partial charge is 0.494 e. The van der Waals surface area contributed by atoms with Crippen molar-refractivity contribution in [3.63, 3.8) is 0 Å². The number of carbonyl (C=O) groups excluding carboxylic acids is 1. The molecule has 0 radical (unpaired) electrons. The summed E-state index contributed by atoms with van der Waals surface area (Å²) in [4.78, 5) is 21.3. The first-order chi connectivity index (χ1) is 19.2. The van der Waals surface area contributed by atoms with Gasteiger partial charge in [0.05, 0.1) is 12.1 Å². The first kappa shape index (κ1) is 27.2. The molecule has 0 aliphatic carbocycles. The number of rotatable bonds is 13. The highest BCUT2D eigenvalue weighted by molar-refractivity contribution is 7.17. The lowest BCUT2D eigenvalue weighted by molar-refractivity contribution is -0.150. The highest BCUT2D eigenvalue weighted by Crippen LogP contribution is 2.31. The standard InChI is InChI=1S/C31H37N3O4S/c1-2-3-9-31(35)38-23-37-30-13-11-24-10-12-25(22-27(24)32-30)36-20-5-4-15-33-16-18-34(19-17-33)28-7-6-8-29-26(28)14-21-39-29/h6-8,10-14,21-22H,2-5,9,15-20,23H2,1H3. The predicted octanol–water partition coefficient (Wildman–Crippen LogP) is 6.50. The van der Waals surface area contributed by atoms with Crippen LogP contribution in [0.1, 0.15) is 39.0 Å². The van der Waals surface area contributed by atoms with Crippen molar-refractivity contribution in [2.45, 2.75) is 39.0 Å². The van der Waals surface area contributed by atoms with E-state index in [-0.39, 0.29) is 12.8 Å². The van der Waals surface area contributed by atoms with E-state index in [2.05, 4.69) is 44.4 Å². The van der Waals surface area contributed by atoms with Crippen LogP contribution in [0.2, 0.25) is 0 Å². The summed E-state index contributed by atoms with van der Waals surface area (Å²) in [5.74, 6) is 0.979. The minimum atomic E-state index is -0.248. The van der Waals surface area contributed by atoms with E-state index < -0.39 is 0 Å². The summed E-state index contributed by atoms with van der Waals surface area (Å²) < 4.78 is 18.0. The maximum absolute atomic E-state index is 11.6. The third-order valence-electron chi connectivity index (χ3n) is 7.12. The fraction of sp³-hybridized carbons (Fsp3) is 0.419. The number of carbonyl (C=O) groups is 1. The molecule has 5 rings (SSSR count). The van der Waals surface area contributed by atoms with Gasteiger partial charge in [-0.05, 0) is 67.6 Å². The van der Waals surface area contributed by atoms with Crippen LogP contribution in [-0.4, -0.2) is 62.0 Å². The monoisotopic (exact) mass is 547 g/mol. The minimum Gasteiger partial charge on any atom is -0.494 e. The molecule has 2 aromatic heterocycles. The van der Waals surface area contributed by atoms with Crippen LogP contribution >= 0.6 is 11.3 Å². The Morgan fingerprint density at radius 3 is 2.72 bits per heavy atom. The molecular formula is C31H37N3O4S. The SMILES string of the molecule is CCCCC(=O)OCOc1ccc2ccc(OCCCCN3CCN(c4cccc5sccc45)CC3)cc2n1. The lowest BCUT2D eigenvalue weighted by Crippen LogP contribution is -2.46. The van der Waals surface area contributed by atoms with E-state index >= 15 is 0 Å². The van der Waals surface area contributed by atoms with Crippen LogP contribution in [0, 0.1) is 0 Å². The number of hydrogen-bond acceptors (Lipinski definition) is 8. The molecule has 1 aliphatic heterocycles. The molecule has 0 saturated carbocycles. The molecule has 0 N–H and O–H groups in total. The highest BCUT2D eigenvalue weighted by Gasteiger charge is 2.18. The van der Waals surface area contributed by atoms with Gasteiger partial charge in [-0.3, -0.25) is 9.69 Å². The molecule has 0 unspecified atom stereocenters. The van der Waals surface area contributed by atoms with E-state index in [4.69, 9.17) is 14.2 Å². The van der Waals surface area contributed by atoms with E-state index in [1.807, 2.05) is 42.5 Å². The maximum atomic E-state index is 11.6. The molecule has 39 heavy (non-hydrogen) atoms. The Kier molecular flexibility index (Phi) is 9.51. The number of pyridine rings is 1. The molecule has 0 spiro atoms. The average Bonchev–Trinajstić information content (AvgIpc) is 3.45. The number of nitrogens with zero attached hydrogens (tertiary/aromatic N) is 3. The Morgan fingerprint density at radius 2 is 1.85 bits per heavy atom. The summed E-state index contributed by atoms with van der Waals surface area (Å²) >= 11 is 1.81. The third kappa shape index (κ3) is 7.40. The molecular weight excluding hydrogens is 510 g/mol. The summed E-state index contributed by atoms with van der Waals surface area (Å²) in [6.07, 6.45) is 4.31. The fourth-order valence-electron chi connectivity index (χ4n) is 4.89. The van der Waals surface area contributed by atoms with Crippen molar-refractivity contribution in [1.82, 2.24) is 9.88 Å². The van der Waals surface area contributed by atoms with Crippen LogP contribution in [0.15, 0.2) is 60.0 Å². The number of anilines is 1. The minimum absolute atomic E-state index is 0.128. The van der Waals surface area contributed by atoms with Crippen molar-refractivity contribution in [1.29, 1.82) is 0 Å². The lowest BCUT2D eigenvalue weighted by atomic mass is 10.2. The molecule has 1 saturated heterocycles. The van der Waals surface area contributed by atoms with Gasteiger partial charge in [0.25, 0.3) is 0 Å². The van der Waals surface area contributed by atoms with Crippen LogP contribution in [0.3, 0.4) is 0 Å². The first-order valence-electron chi connectivity index (χ1n) is 13.9. The molecule has 8 heteroatoms. The number of esters is 1. The van der Waals surface area contributed by atoms with Gasteiger partial charge in [0, 0.05) is 65.9 Å². The van der Waals surface area contributed by atoms with Gasteiger partial charge in [0.15, 0.2) is 0 Å². The number of aromatic nitrogens is 1. The van der Waals surface area contributed by atoms with Crippen LogP contribution in [0.25, 0.3) is 21.0 Å². The molecule has 2 aromatic carbocycles. The highest BCUT2D eigenvalue weighted by atomic mass is 32.1. The molecule has 3 heterocycles. The smallest absolute Gasteiger partial charge is 0.308 e. The Bertz CT molecular complexity index is 1370. The molecule has 7 nitrogen and oxygen atoms in total. The topological polar surface area (TPSA) is 64.1 Å².